The molecule has 3 N–H and O–H groups in total. The number of H-pyrrole nitrogens is 1. The lowest BCUT2D eigenvalue weighted by Gasteiger charge is -2.30. The molecule has 152 valence electrons. The van der Waals surface area contributed by atoms with Gasteiger partial charge in [-0.05, 0) is 41.5 Å². The van der Waals surface area contributed by atoms with Crippen molar-refractivity contribution in [2.24, 2.45) is 0 Å². The van der Waals surface area contributed by atoms with Crippen LogP contribution in [0, 0.1) is 0 Å². The van der Waals surface area contributed by atoms with Crippen molar-refractivity contribution >= 4 is 16.9 Å². The normalized spacial score (nSPS) is 18.4. The van der Waals surface area contributed by atoms with Gasteiger partial charge in [0.2, 0.25) is 0 Å². The van der Waals surface area contributed by atoms with Gasteiger partial charge < -0.3 is 24.3 Å². The topological polar surface area (TPSA) is 92.8 Å². The molecule has 0 saturated heterocycles. The van der Waals surface area contributed by atoms with Crippen LogP contribution in [0.25, 0.3) is 10.9 Å². The molecule has 7 heteroatoms. The number of carbonyl (C=O) groups excluding carboxylic acids is 1. The maximum atomic E-state index is 12.3. The largest absolute Gasteiger partial charge is 0.508 e. The van der Waals surface area contributed by atoms with Gasteiger partial charge in [0.25, 0.3) is 0 Å². The van der Waals surface area contributed by atoms with Crippen molar-refractivity contribution in [2.75, 3.05) is 27.4 Å². The average Bonchev–Trinajstić information content (AvgIpc) is 3.10. The van der Waals surface area contributed by atoms with E-state index in [1.54, 1.807) is 25.3 Å². The van der Waals surface area contributed by atoms with Crippen LogP contribution in [0.2, 0.25) is 0 Å². The quantitative estimate of drug-likeness (QED) is 0.438. The van der Waals surface area contributed by atoms with Gasteiger partial charge in [0.1, 0.15) is 24.1 Å². The highest BCUT2D eigenvalue weighted by atomic mass is 16.5. The van der Waals surface area contributed by atoms with Crippen molar-refractivity contribution in [3.8, 4) is 11.5 Å². The first kappa shape index (κ1) is 19.3. The molecule has 1 aromatic heterocycles. The SMILES string of the molecule is COCCOc1ccc2[nH]c3c(c2c1)CC(C(=O)OC)NC3c1cccc(O)c1. The zero-order valence-corrected chi connectivity index (χ0v) is 16.4. The molecule has 2 heterocycles. The van der Waals surface area contributed by atoms with E-state index in [1.807, 2.05) is 24.3 Å². The van der Waals surface area contributed by atoms with Gasteiger partial charge in [-0.2, -0.15) is 0 Å². The molecule has 2 unspecified atom stereocenters. The molecule has 2 atom stereocenters. The Kier molecular flexibility index (Phi) is 5.42. The van der Waals surface area contributed by atoms with E-state index in [-0.39, 0.29) is 17.8 Å². The molecule has 0 amide bonds. The third-order valence-corrected chi connectivity index (χ3v) is 5.22. The molecular weight excluding hydrogens is 372 g/mol. The second-order valence-corrected chi connectivity index (χ2v) is 7.04. The Morgan fingerprint density at radius 3 is 2.79 bits per heavy atom. The number of benzene rings is 2. The van der Waals surface area contributed by atoms with E-state index < -0.39 is 6.04 Å². The summed E-state index contributed by atoms with van der Waals surface area (Å²) in [5, 5.41) is 14.3. The number of carbonyl (C=O) groups is 1. The molecule has 2 aromatic carbocycles. The third-order valence-electron chi connectivity index (χ3n) is 5.22. The summed E-state index contributed by atoms with van der Waals surface area (Å²) in [6, 6.07) is 12.1. The highest BCUT2D eigenvalue weighted by Crippen LogP contribution is 2.37. The summed E-state index contributed by atoms with van der Waals surface area (Å²) in [6.07, 6.45) is 0.499. The van der Waals surface area contributed by atoms with Crippen LogP contribution in [0.4, 0.5) is 0 Å². The Morgan fingerprint density at radius 2 is 2.03 bits per heavy atom. The van der Waals surface area contributed by atoms with E-state index in [1.165, 1.54) is 7.11 Å². The lowest BCUT2D eigenvalue weighted by molar-refractivity contribution is -0.143. The zero-order chi connectivity index (χ0) is 20.4. The van der Waals surface area contributed by atoms with Gasteiger partial charge in [-0.1, -0.05) is 12.1 Å². The van der Waals surface area contributed by atoms with Crippen LogP contribution in [0.5, 0.6) is 11.5 Å². The molecule has 29 heavy (non-hydrogen) atoms. The highest BCUT2D eigenvalue weighted by molar-refractivity contribution is 5.88. The first-order valence-corrected chi connectivity index (χ1v) is 9.49. The number of aromatic amines is 1. The van der Waals surface area contributed by atoms with Gasteiger partial charge in [0.05, 0.1) is 19.8 Å². The summed E-state index contributed by atoms with van der Waals surface area (Å²) < 4.78 is 15.8. The highest BCUT2D eigenvalue weighted by Gasteiger charge is 2.34. The molecule has 1 aliphatic rings. The van der Waals surface area contributed by atoms with E-state index in [0.717, 1.165) is 33.5 Å². The Bertz CT molecular complexity index is 1030. The van der Waals surface area contributed by atoms with Crippen LogP contribution in [-0.4, -0.2) is 49.5 Å². The number of hydrogen-bond donors (Lipinski definition) is 3. The molecule has 0 saturated carbocycles. The number of phenols is 1. The Morgan fingerprint density at radius 1 is 1.17 bits per heavy atom. The number of phenolic OH excluding ortho intramolecular Hbond substituents is 1. The number of hydrogen-bond acceptors (Lipinski definition) is 6. The third kappa shape index (κ3) is 3.79. The molecule has 4 rings (SSSR count). The van der Waals surface area contributed by atoms with Crippen molar-refractivity contribution in [2.45, 2.75) is 18.5 Å². The van der Waals surface area contributed by atoms with E-state index in [9.17, 15) is 9.90 Å². The van der Waals surface area contributed by atoms with Crippen molar-refractivity contribution in [1.29, 1.82) is 0 Å². The Hall–Kier alpha value is -3.03. The first-order chi connectivity index (χ1) is 14.1. The number of methoxy groups -OCH3 is 2. The van der Waals surface area contributed by atoms with E-state index in [0.29, 0.717) is 19.6 Å². The van der Waals surface area contributed by atoms with Gasteiger partial charge in [-0.3, -0.25) is 10.1 Å². The van der Waals surface area contributed by atoms with Gasteiger partial charge >= 0.3 is 5.97 Å². The molecule has 7 nitrogen and oxygen atoms in total. The average molecular weight is 396 g/mol. The van der Waals surface area contributed by atoms with E-state index >= 15 is 0 Å². The molecule has 1 aliphatic heterocycles. The standard InChI is InChI=1S/C22H24N2O5/c1-27-8-9-29-15-6-7-18-16(11-15)17-12-19(22(26)28-2)24-20(21(17)23-18)13-4-3-5-14(25)10-13/h3-7,10-11,19-20,23-25H,8-9,12H2,1-2H3. The summed E-state index contributed by atoms with van der Waals surface area (Å²) in [4.78, 5) is 15.8. The maximum absolute atomic E-state index is 12.3. The minimum Gasteiger partial charge on any atom is -0.508 e. The minimum absolute atomic E-state index is 0.177. The number of aromatic hydroxyl groups is 1. The number of nitrogens with one attached hydrogen (secondary N) is 2. The van der Waals surface area contributed by atoms with Crippen molar-refractivity contribution in [3.63, 3.8) is 0 Å². The molecular formula is C22H24N2O5. The molecule has 0 radical (unpaired) electrons. The van der Waals surface area contributed by atoms with Gasteiger partial charge in [0, 0.05) is 30.1 Å². The van der Waals surface area contributed by atoms with Gasteiger partial charge in [0.15, 0.2) is 0 Å². The van der Waals surface area contributed by atoms with Crippen LogP contribution in [0.3, 0.4) is 0 Å². The fourth-order valence-electron chi connectivity index (χ4n) is 3.86. The number of fused-ring (bicyclic) bond motifs is 3. The van der Waals surface area contributed by atoms with Crippen LogP contribution in [0.15, 0.2) is 42.5 Å². The van der Waals surface area contributed by atoms with Crippen LogP contribution >= 0.6 is 0 Å². The predicted molar refractivity (Wildman–Crippen MR) is 108 cm³/mol. The second kappa shape index (κ2) is 8.14. The predicted octanol–water partition coefficient (Wildman–Crippen LogP) is 2.68. The number of esters is 1. The monoisotopic (exact) mass is 396 g/mol. The molecule has 0 fully saturated rings. The first-order valence-electron chi connectivity index (χ1n) is 9.49. The van der Waals surface area contributed by atoms with Crippen molar-refractivity contribution in [3.05, 3.63) is 59.3 Å². The van der Waals surface area contributed by atoms with Crippen molar-refractivity contribution < 1.29 is 24.1 Å². The summed E-state index contributed by atoms with van der Waals surface area (Å²) >= 11 is 0. The molecule has 0 aliphatic carbocycles. The van der Waals surface area contributed by atoms with Crippen LogP contribution < -0.4 is 10.1 Å². The molecule has 3 aromatic rings. The lowest BCUT2D eigenvalue weighted by Crippen LogP contribution is -2.45. The summed E-state index contributed by atoms with van der Waals surface area (Å²) in [5.41, 5.74) is 3.84. The number of ether oxygens (including phenoxy) is 3. The fourth-order valence-corrected chi connectivity index (χ4v) is 3.86. The fraction of sp³-hybridized carbons (Fsp3) is 0.318. The van der Waals surface area contributed by atoms with Crippen LogP contribution in [-0.2, 0) is 20.7 Å². The molecule has 0 bridgehead atoms. The summed E-state index contributed by atoms with van der Waals surface area (Å²) in [6.45, 7) is 0.976. The van der Waals surface area contributed by atoms with Gasteiger partial charge in [-0.15, -0.1) is 0 Å². The maximum Gasteiger partial charge on any atom is 0.323 e. The second-order valence-electron chi connectivity index (χ2n) is 7.04. The molecule has 0 spiro atoms. The summed E-state index contributed by atoms with van der Waals surface area (Å²) in [7, 11) is 3.02. The minimum atomic E-state index is -0.489. The smallest absolute Gasteiger partial charge is 0.323 e. The van der Waals surface area contributed by atoms with E-state index in [4.69, 9.17) is 14.2 Å². The lowest BCUT2D eigenvalue weighted by atomic mass is 9.90. The van der Waals surface area contributed by atoms with Gasteiger partial charge in [-0.25, -0.2) is 0 Å². The Balaban J connectivity index is 1.78. The van der Waals surface area contributed by atoms with Crippen LogP contribution in [0.1, 0.15) is 22.9 Å². The van der Waals surface area contributed by atoms with Crippen molar-refractivity contribution in [1.82, 2.24) is 10.3 Å². The van der Waals surface area contributed by atoms with E-state index in [2.05, 4.69) is 10.3 Å². The number of rotatable bonds is 6. The summed E-state index contributed by atoms with van der Waals surface area (Å²) in [5.74, 6) is 0.608. The zero-order valence-electron chi connectivity index (χ0n) is 16.4. The Labute approximate surface area is 168 Å². The number of aromatic nitrogens is 1.